The molecule has 0 bridgehead atoms. The molecule has 0 radical (unpaired) electrons. The summed E-state index contributed by atoms with van der Waals surface area (Å²) in [5.41, 5.74) is 0.786. The first-order valence-corrected chi connectivity index (χ1v) is 7.00. The second-order valence-corrected chi connectivity index (χ2v) is 5.15. The topological polar surface area (TPSA) is 26.3 Å². The van der Waals surface area contributed by atoms with Crippen LogP contribution in [0.4, 0.5) is 0 Å². The maximum Gasteiger partial charge on any atom is 0.170 e. The van der Waals surface area contributed by atoms with Crippen molar-refractivity contribution >= 4 is 16.6 Å². The molecule has 2 nitrogen and oxygen atoms in total. The van der Waals surface area contributed by atoms with Crippen LogP contribution in [-0.2, 0) is 0 Å². The number of hydrogen-bond donors (Lipinski definition) is 0. The van der Waals surface area contributed by atoms with Crippen LogP contribution >= 0.6 is 0 Å². The van der Waals surface area contributed by atoms with E-state index in [1.165, 1.54) is 0 Å². The van der Waals surface area contributed by atoms with Gasteiger partial charge in [0.15, 0.2) is 5.78 Å². The van der Waals surface area contributed by atoms with Crippen LogP contribution in [0.1, 0.15) is 36.5 Å². The van der Waals surface area contributed by atoms with Crippen LogP contribution in [0, 0.1) is 5.92 Å². The first-order chi connectivity index (χ1) is 9.31. The standard InChI is InChI=1S/C17H18O2/c1-2-11-19-15-10-9-12-5-3-4-6-14(12)16(15)17(18)13-7-8-13/h3-6,9-10,13H,2,7-8,11H2,1H3. The number of carbonyl (C=O) groups is 1. The number of rotatable bonds is 5. The molecule has 0 unspecified atom stereocenters. The lowest BCUT2D eigenvalue weighted by Gasteiger charge is -2.13. The van der Waals surface area contributed by atoms with E-state index < -0.39 is 0 Å². The quantitative estimate of drug-likeness (QED) is 0.747. The molecule has 0 amide bonds. The van der Waals surface area contributed by atoms with Gasteiger partial charge in [0.25, 0.3) is 0 Å². The van der Waals surface area contributed by atoms with Gasteiger partial charge in [-0.2, -0.15) is 0 Å². The van der Waals surface area contributed by atoms with E-state index in [0.29, 0.717) is 6.61 Å². The van der Waals surface area contributed by atoms with Crippen LogP contribution in [0.3, 0.4) is 0 Å². The molecular formula is C17H18O2. The smallest absolute Gasteiger partial charge is 0.170 e. The Balaban J connectivity index is 2.12. The molecule has 2 aromatic rings. The van der Waals surface area contributed by atoms with Gasteiger partial charge in [0, 0.05) is 5.92 Å². The Kier molecular flexibility index (Phi) is 3.24. The van der Waals surface area contributed by atoms with E-state index in [2.05, 4.69) is 6.92 Å². The third kappa shape index (κ3) is 2.35. The summed E-state index contributed by atoms with van der Waals surface area (Å²) in [6.07, 6.45) is 2.99. The van der Waals surface area contributed by atoms with Crippen molar-refractivity contribution in [3.8, 4) is 5.75 Å². The highest BCUT2D eigenvalue weighted by Gasteiger charge is 2.33. The Bertz CT molecular complexity index is 612. The van der Waals surface area contributed by atoms with E-state index in [-0.39, 0.29) is 11.7 Å². The van der Waals surface area contributed by atoms with E-state index in [1.54, 1.807) is 0 Å². The minimum absolute atomic E-state index is 0.217. The maximum absolute atomic E-state index is 12.5. The second-order valence-electron chi connectivity index (χ2n) is 5.15. The number of Topliss-reactive ketones (excluding diaryl/α,β-unsaturated/α-hetero) is 1. The lowest BCUT2D eigenvalue weighted by molar-refractivity contribution is 0.0965. The zero-order valence-corrected chi connectivity index (χ0v) is 11.2. The molecule has 0 heterocycles. The van der Waals surface area contributed by atoms with E-state index in [4.69, 9.17) is 4.74 Å². The molecule has 3 rings (SSSR count). The number of ether oxygens (including phenoxy) is 1. The van der Waals surface area contributed by atoms with Crippen LogP contribution in [0.2, 0.25) is 0 Å². The maximum atomic E-state index is 12.5. The molecule has 0 aromatic heterocycles. The summed E-state index contributed by atoms with van der Waals surface area (Å²) in [5.74, 6) is 1.22. The van der Waals surface area contributed by atoms with Crippen molar-refractivity contribution in [2.45, 2.75) is 26.2 Å². The zero-order chi connectivity index (χ0) is 13.2. The van der Waals surface area contributed by atoms with Gasteiger partial charge in [0.05, 0.1) is 12.2 Å². The molecule has 1 aliphatic rings. The summed E-state index contributed by atoms with van der Waals surface area (Å²) in [5, 5.41) is 2.13. The van der Waals surface area contributed by atoms with Crippen LogP contribution < -0.4 is 4.74 Å². The molecule has 1 fully saturated rings. The molecule has 0 N–H and O–H groups in total. The van der Waals surface area contributed by atoms with Gasteiger partial charge in [-0.1, -0.05) is 37.3 Å². The predicted octanol–water partition coefficient (Wildman–Crippen LogP) is 4.22. The molecule has 0 atom stereocenters. The summed E-state index contributed by atoms with van der Waals surface area (Å²) in [6.45, 7) is 2.73. The minimum Gasteiger partial charge on any atom is -0.493 e. The Morgan fingerprint density at radius 3 is 2.74 bits per heavy atom. The summed E-state index contributed by atoms with van der Waals surface area (Å²) < 4.78 is 5.77. The molecule has 2 heteroatoms. The molecule has 0 aliphatic heterocycles. The Morgan fingerprint density at radius 1 is 1.21 bits per heavy atom. The molecule has 2 aromatic carbocycles. The highest BCUT2D eigenvalue weighted by molar-refractivity contribution is 6.12. The predicted molar refractivity (Wildman–Crippen MR) is 76.8 cm³/mol. The third-order valence-corrected chi connectivity index (χ3v) is 3.55. The average molecular weight is 254 g/mol. The lowest BCUT2D eigenvalue weighted by Crippen LogP contribution is -2.07. The largest absolute Gasteiger partial charge is 0.493 e. The number of benzene rings is 2. The zero-order valence-electron chi connectivity index (χ0n) is 11.2. The minimum atomic E-state index is 0.217. The first-order valence-electron chi connectivity index (χ1n) is 7.00. The monoisotopic (exact) mass is 254 g/mol. The van der Waals surface area contributed by atoms with Crippen molar-refractivity contribution < 1.29 is 9.53 Å². The normalized spacial score (nSPS) is 14.6. The van der Waals surface area contributed by atoms with Crippen LogP contribution in [-0.4, -0.2) is 12.4 Å². The Morgan fingerprint density at radius 2 is 2.00 bits per heavy atom. The SMILES string of the molecule is CCCOc1ccc2ccccc2c1C(=O)C1CC1. The molecule has 0 saturated heterocycles. The van der Waals surface area contributed by atoms with Crippen LogP contribution in [0.25, 0.3) is 10.8 Å². The van der Waals surface area contributed by atoms with Crippen molar-refractivity contribution in [1.29, 1.82) is 0 Å². The van der Waals surface area contributed by atoms with Crippen LogP contribution in [0.15, 0.2) is 36.4 Å². The number of hydrogen-bond acceptors (Lipinski definition) is 2. The van der Waals surface area contributed by atoms with Gasteiger partial charge < -0.3 is 4.74 Å². The van der Waals surface area contributed by atoms with Gasteiger partial charge in [-0.05, 0) is 36.1 Å². The fourth-order valence-corrected chi connectivity index (χ4v) is 2.39. The number of carbonyl (C=O) groups excluding carboxylic acids is 1. The number of ketones is 1. The van der Waals surface area contributed by atoms with Gasteiger partial charge in [0.1, 0.15) is 5.75 Å². The third-order valence-electron chi connectivity index (χ3n) is 3.55. The molecule has 98 valence electrons. The fourth-order valence-electron chi connectivity index (χ4n) is 2.39. The highest BCUT2D eigenvalue weighted by Crippen LogP contribution is 2.38. The van der Waals surface area contributed by atoms with Crippen molar-refractivity contribution in [3.63, 3.8) is 0 Å². The van der Waals surface area contributed by atoms with Crippen molar-refractivity contribution in [1.82, 2.24) is 0 Å². The Labute approximate surface area is 113 Å². The van der Waals surface area contributed by atoms with Gasteiger partial charge in [-0.3, -0.25) is 4.79 Å². The van der Waals surface area contributed by atoms with Gasteiger partial charge in [0.2, 0.25) is 0 Å². The van der Waals surface area contributed by atoms with E-state index in [9.17, 15) is 4.79 Å². The fraction of sp³-hybridized carbons (Fsp3) is 0.353. The van der Waals surface area contributed by atoms with E-state index in [1.807, 2.05) is 36.4 Å². The van der Waals surface area contributed by atoms with Crippen LogP contribution in [0.5, 0.6) is 5.75 Å². The van der Waals surface area contributed by atoms with E-state index in [0.717, 1.165) is 41.3 Å². The number of fused-ring (bicyclic) bond motifs is 1. The average Bonchev–Trinajstić information content (AvgIpc) is 3.28. The molecule has 0 spiro atoms. The Hall–Kier alpha value is -1.83. The molecule has 19 heavy (non-hydrogen) atoms. The van der Waals surface area contributed by atoms with Gasteiger partial charge >= 0.3 is 0 Å². The van der Waals surface area contributed by atoms with Crippen molar-refractivity contribution in [2.24, 2.45) is 5.92 Å². The molecular weight excluding hydrogens is 236 g/mol. The van der Waals surface area contributed by atoms with Gasteiger partial charge in [-0.25, -0.2) is 0 Å². The first kappa shape index (κ1) is 12.2. The summed E-state index contributed by atoms with van der Waals surface area (Å²) >= 11 is 0. The summed E-state index contributed by atoms with van der Waals surface area (Å²) in [6, 6.07) is 12.0. The van der Waals surface area contributed by atoms with Crippen molar-refractivity contribution in [3.05, 3.63) is 42.0 Å². The highest BCUT2D eigenvalue weighted by atomic mass is 16.5. The molecule has 1 aliphatic carbocycles. The van der Waals surface area contributed by atoms with Crippen molar-refractivity contribution in [2.75, 3.05) is 6.61 Å². The summed E-state index contributed by atoms with van der Waals surface area (Å²) in [4.78, 5) is 12.5. The molecule has 1 saturated carbocycles. The van der Waals surface area contributed by atoms with Gasteiger partial charge in [-0.15, -0.1) is 0 Å². The second kappa shape index (κ2) is 5.04. The summed E-state index contributed by atoms with van der Waals surface area (Å²) in [7, 11) is 0. The lowest BCUT2D eigenvalue weighted by atomic mass is 9.98. The van der Waals surface area contributed by atoms with E-state index >= 15 is 0 Å².